The van der Waals surface area contributed by atoms with Gasteiger partial charge in [-0.05, 0) is 49.1 Å². The van der Waals surface area contributed by atoms with Crippen LogP contribution in [0.25, 0.3) is 0 Å². The molecule has 142 valence electrons. The van der Waals surface area contributed by atoms with Crippen LogP contribution in [-0.2, 0) is 4.79 Å². The van der Waals surface area contributed by atoms with Gasteiger partial charge in [-0.25, -0.2) is 4.98 Å². The van der Waals surface area contributed by atoms with Crippen LogP contribution in [0.1, 0.15) is 17.2 Å². The first-order valence-electron chi connectivity index (χ1n) is 9.41. The fourth-order valence-electron chi connectivity index (χ4n) is 4.70. The summed E-state index contributed by atoms with van der Waals surface area (Å²) in [6.07, 6.45) is 1.54. The monoisotopic (exact) mass is 384 g/mol. The summed E-state index contributed by atoms with van der Waals surface area (Å²) in [7, 11) is 2.22. The van der Waals surface area contributed by atoms with E-state index in [-0.39, 0.29) is 5.91 Å². The molecule has 2 fully saturated rings. The predicted molar refractivity (Wildman–Crippen MR) is 108 cm³/mol. The van der Waals surface area contributed by atoms with Gasteiger partial charge in [0.1, 0.15) is 5.82 Å². The van der Waals surface area contributed by atoms with Crippen molar-refractivity contribution >= 4 is 23.3 Å². The lowest BCUT2D eigenvalue weighted by atomic mass is 9.88. The number of fused-ring (bicyclic) bond motifs is 1. The number of aryl methyl sites for hydroxylation is 1. The van der Waals surface area contributed by atoms with Crippen molar-refractivity contribution in [2.24, 2.45) is 11.8 Å². The summed E-state index contributed by atoms with van der Waals surface area (Å²) in [5.74, 6) is 1.70. The lowest BCUT2D eigenvalue weighted by molar-refractivity contribution is -0.117. The molecule has 6 heteroatoms. The van der Waals surface area contributed by atoms with E-state index in [9.17, 15) is 4.79 Å². The van der Waals surface area contributed by atoms with Gasteiger partial charge in [0.25, 0.3) is 0 Å². The average Bonchev–Trinajstić information content (AvgIpc) is 3.13. The van der Waals surface area contributed by atoms with E-state index in [0.29, 0.717) is 35.3 Å². The molecule has 4 rings (SSSR count). The Morgan fingerprint density at radius 1 is 1.22 bits per heavy atom. The van der Waals surface area contributed by atoms with Crippen molar-refractivity contribution in [2.45, 2.75) is 13.0 Å². The van der Waals surface area contributed by atoms with Crippen LogP contribution in [0.4, 0.5) is 5.82 Å². The molecule has 0 radical (unpaired) electrons. The molecule has 2 aromatic rings. The van der Waals surface area contributed by atoms with Crippen molar-refractivity contribution in [3.05, 3.63) is 58.7 Å². The minimum atomic E-state index is -0.0226. The normalized spacial score (nSPS) is 25.5. The topological polar surface area (TPSA) is 48.5 Å². The van der Waals surface area contributed by atoms with Crippen LogP contribution in [0.5, 0.6) is 0 Å². The van der Waals surface area contributed by atoms with Gasteiger partial charge in [-0.15, -0.1) is 0 Å². The Morgan fingerprint density at radius 2 is 2.04 bits per heavy atom. The van der Waals surface area contributed by atoms with Crippen molar-refractivity contribution in [3.8, 4) is 0 Å². The number of likely N-dealkylation sites (tertiary alicyclic amines) is 2. The van der Waals surface area contributed by atoms with E-state index in [0.717, 1.165) is 19.6 Å². The molecule has 3 heterocycles. The first-order chi connectivity index (χ1) is 13.0. The number of aromatic nitrogens is 1. The van der Waals surface area contributed by atoms with Gasteiger partial charge in [0, 0.05) is 31.9 Å². The van der Waals surface area contributed by atoms with Crippen LogP contribution in [-0.4, -0.2) is 53.9 Å². The van der Waals surface area contributed by atoms with Crippen molar-refractivity contribution in [1.29, 1.82) is 0 Å². The second-order valence-corrected chi connectivity index (χ2v) is 8.21. The van der Waals surface area contributed by atoms with Crippen LogP contribution in [0.2, 0.25) is 5.02 Å². The summed E-state index contributed by atoms with van der Waals surface area (Å²) in [6, 6.07) is 12.6. The van der Waals surface area contributed by atoms with E-state index in [1.807, 2.05) is 0 Å². The second-order valence-electron chi connectivity index (χ2n) is 7.77. The summed E-state index contributed by atoms with van der Waals surface area (Å²) in [6.45, 7) is 5.60. The van der Waals surface area contributed by atoms with E-state index in [4.69, 9.17) is 11.6 Å². The van der Waals surface area contributed by atoms with E-state index < -0.39 is 0 Å². The number of nitrogens with zero attached hydrogens (tertiary/aromatic N) is 3. The molecule has 0 aliphatic carbocycles. The molecule has 1 amide bonds. The Bertz CT molecular complexity index is 825. The highest BCUT2D eigenvalue weighted by molar-refractivity contribution is 6.30. The quantitative estimate of drug-likeness (QED) is 0.879. The zero-order chi connectivity index (χ0) is 19.0. The summed E-state index contributed by atoms with van der Waals surface area (Å²) < 4.78 is 0. The van der Waals surface area contributed by atoms with Gasteiger partial charge in [-0.3, -0.25) is 14.6 Å². The first-order valence-corrected chi connectivity index (χ1v) is 9.78. The molecule has 2 aliphatic heterocycles. The molecule has 5 nitrogen and oxygen atoms in total. The molecule has 1 N–H and O–H groups in total. The van der Waals surface area contributed by atoms with Crippen LogP contribution in [0.3, 0.4) is 0 Å². The summed E-state index contributed by atoms with van der Waals surface area (Å²) in [5, 5.41) is 3.42. The fraction of sp³-hybridized carbons (Fsp3) is 0.429. The largest absolute Gasteiger partial charge is 0.310 e. The zero-order valence-corrected chi connectivity index (χ0v) is 16.5. The lowest BCUT2D eigenvalue weighted by Crippen LogP contribution is -2.35. The average molecular weight is 385 g/mol. The highest BCUT2D eigenvalue weighted by Crippen LogP contribution is 2.44. The molecule has 27 heavy (non-hydrogen) atoms. The molecule has 0 saturated carbocycles. The predicted octanol–water partition coefficient (Wildman–Crippen LogP) is 3.22. The van der Waals surface area contributed by atoms with Crippen LogP contribution < -0.4 is 5.32 Å². The van der Waals surface area contributed by atoms with Gasteiger partial charge in [-0.1, -0.05) is 35.9 Å². The third-order valence-corrected chi connectivity index (χ3v) is 6.06. The van der Waals surface area contributed by atoms with Crippen molar-refractivity contribution in [3.63, 3.8) is 0 Å². The minimum absolute atomic E-state index is 0.0226. The molecule has 2 saturated heterocycles. The molecule has 1 aromatic carbocycles. The summed E-state index contributed by atoms with van der Waals surface area (Å²) in [5.41, 5.74) is 2.77. The number of carbonyl (C=O) groups excluding carboxylic acids is 1. The number of amides is 1. The first kappa shape index (κ1) is 18.4. The number of halogens is 1. The molecular weight excluding hydrogens is 360 g/mol. The minimum Gasteiger partial charge on any atom is -0.310 e. The number of anilines is 1. The fourth-order valence-corrected chi connectivity index (χ4v) is 4.81. The van der Waals surface area contributed by atoms with Crippen molar-refractivity contribution in [1.82, 2.24) is 14.8 Å². The smallest absolute Gasteiger partial charge is 0.239 e. The van der Waals surface area contributed by atoms with Crippen LogP contribution in [0, 0.1) is 18.8 Å². The number of hydrogen-bond acceptors (Lipinski definition) is 4. The molecule has 1 aromatic heterocycles. The van der Waals surface area contributed by atoms with Crippen molar-refractivity contribution in [2.75, 3.05) is 38.5 Å². The van der Waals surface area contributed by atoms with Crippen LogP contribution >= 0.6 is 11.6 Å². The SMILES string of the molecule is Cc1ccccc1[C@H]1[C@@H]2CN(CC(=O)Nc3ccc(Cl)cn3)C[C@@H]2CN1C. The Balaban J connectivity index is 1.40. The molecule has 2 aliphatic rings. The van der Waals surface area contributed by atoms with Crippen LogP contribution in [0.15, 0.2) is 42.6 Å². The summed E-state index contributed by atoms with van der Waals surface area (Å²) >= 11 is 5.84. The number of hydrogen-bond donors (Lipinski definition) is 1. The number of nitrogens with one attached hydrogen (secondary N) is 1. The molecular formula is C21H25ClN4O. The maximum Gasteiger partial charge on any atom is 0.239 e. The van der Waals surface area contributed by atoms with Gasteiger partial charge in [0.15, 0.2) is 0 Å². The lowest BCUT2D eigenvalue weighted by Gasteiger charge is -2.27. The Morgan fingerprint density at radius 3 is 2.78 bits per heavy atom. The number of pyridine rings is 1. The maximum absolute atomic E-state index is 12.4. The Labute approximate surface area is 165 Å². The zero-order valence-electron chi connectivity index (χ0n) is 15.7. The standard InChI is InChI=1S/C21H25ClN4O/c1-14-5-3-4-6-17(14)21-18-12-26(11-15(18)10-25(21)2)13-20(27)24-19-8-7-16(22)9-23-19/h3-9,15,18,21H,10-13H2,1-2H3,(H,23,24,27)/t15-,18+,21-/m0/s1. The van der Waals surface area contributed by atoms with E-state index in [1.165, 1.54) is 11.1 Å². The van der Waals surface area contributed by atoms with E-state index in [2.05, 4.69) is 58.3 Å². The Hall–Kier alpha value is -1.95. The van der Waals surface area contributed by atoms with Crippen molar-refractivity contribution < 1.29 is 4.79 Å². The number of rotatable bonds is 4. The summed E-state index contributed by atoms with van der Waals surface area (Å²) in [4.78, 5) is 21.3. The highest BCUT2D eigenvalue weighted by Gasteiger charge is 2.46. The van der Waals surface area contributed by atoms with Gasteiger partial charge < -0.3 is 5.32 Å². The second kappa shape index (κ2) is 7.58. The maximum atomic E-state index is 12.4. The van der Waals surface area contributed by atoms with E-state index >= 15 is 0 Å². The molecule has 0 spiro atoms. The van der Waals surface area contributed by atoms with E-state index in [1.54, 1.807) is 18.3 Å². The Kier molecular flexibility index (Phi) is 5.17. The van der Waals surface area contributed by atoms with Gasteiger partial charge >= 0.3 is 0 Å². The van der Waals surface area contributed by atoms with Gasteiger partial charge in [0.2, 0.25) is 5.91 Å². The highest BCUT2D eigenvalue weighted by atomic mass is 35.5. The number of benzene rings is 1. The van der Waals surface area contributed by atoms with Gasteiger partial charge in [0.05, 0.1) is 11.6 Å². The third kappa shape index (κ3) is 3.86. The molecule has 3 atom stereocenters. The molecule has 0 unspecified atom stereocenters. The number of carbonyl (C=O) groups is 1. The van der Waals surface area contributed by atoms with Gasteiger partial charge in [-0.2, -0.15) is 0 Å². The third-order valence-electron chi connectivity index (χ3n) is 5.84. The molecule has 0 bridgehead atoms.